The summed E-state index contributed by atoms with van der Waals surface area (Å²) in [6.45, 7) is 2.13. The second kappa shape index (κ2) is 8.14. The topological polar surface area (TPSA) is 102 Å². The molecule has 1 fully saturated rings. The number of carbonyl (C=O) groups is 1. The molecule has 0 spiro atoms. The molecule has 2 aromatic heterocycles. The zero-order chi connectivity index (χ0) is 23.1. The molecule has 0 unspecified atom stereocenters. The number of alkyl halides is 3. The fourth-order valence-electron chi connectivity index (χ4n) is 3.84. The van der Waals surface area contributed by atoms with E-state index in [1.807, 2.05) is 0 Å². The first-order valence-corrected chi connectivity index (χ1v) is 10.0. The number of hydrogen-bond donors (Lipinski definition) is 2. The van der Waals surface area contributed by atoms with Crippen LogP contribution >= 0.6 is 0 Å². The minimum atomic E-state index is -4.51. The van der Waals surface area contributed by atoms with E-state index in [0.29, 0.717) is 30.7 Å². The van der Waals surface area contributed by atoms with Crippen LogP contribution < -0.4 is 5.32 Å². The molecule has 1 saturated heterocycles. The van der Waals surface area contributed by atoms with Crippen LogP contribution in [0.5, 0.6) is 0 Å². The molecule has 1 aromatic carbocycles. The fourth-order valence-corrected chi connectivity index (χ4v) is 3.84. The van der Waals surface area contributed by atoms with Crippen molar-refractivity contribution in [2.75, 3.05) is 13.2 Å². The maximum Gasteiger partial charge on any atom is 0.416 e. The lowest BCUT2D eigenvalue weighted by Gasteiger charge is -2.38. The summed E-state index contributed by atoms with van der Waals surface area (Å²) in [5, 5.41) is 14.1. The van der Waals surface area contributed by atoms with Crippen LogP contribution in [-0.4, -0.2) is 49.3 Å². The molecular formula is C21H22F3N5O3. The Labute approximate surface area is 181 Å². The van der Waals surface area contributed by atoms with Crippen molar-refractivity contribution in [1.82, 2.24) is 24.8 Å². The molecule has 3 aromatic rings. The number of halogens is 3. The highest BCUT2D eigenvalue weighted by molar-refractivity contribution is 5.92. The largest absolute Gasteiger partial charge is 0.416 e. The van der Waals surface area contributed by atoms with Gasteiger partial charge in [-0.15, -0.1) is 0 Å². The Bertz CT molecular complexity index is 1140. The van der Waals surface area contributed by atoms with Crippen molar-refractivity contribution in [2.45, 2.75) is 37.6 Å². The number of benzene rings is 1. The quantitative estimate of drug-likeness (QED) is 0.635. The minimum Gasteiger partial charge on any atom is -0.385 e. The third-order valence-electron chi connectivity index (χ3n) is 5.58. The molecule has 1 aliphatic heterocycles. The summed E-state index contributed by atoms with van der Waals surface area (Å²) in [7, 11) is 1.62. The van der Waals surface area contributed by atoms with E-state index in [0.717, 1.165) is 12.1 Å². The second-order valence-corrected chi connectivity index (χ2v) is 7.94. The molecule has 170 valence electrons. The number of nitrogens with zero attached hydrogens (tertiary/aromatic N) is 4. The Morgan fingerprint density at radius 3 is 2.72 bits per heavy atom. The molecule has 2 atom stereocenters. The van der Waals surface area contributed by atoms with Crippen molar-refractivity contribution < 1.29 is 27.8 Å². The number of aryl methyl sites for hydroxylation is 2. The fraction of sp³-hybridized carbons (Fsp3) is 0.429. The normalized spacial score (nSPS) is 20.3. The van der Waals surface area contributed by atoms with Crippen LogP contribution in [0, 0.1) is 6.92 Å². The molecule has 0 saturated carbocycles. The molecule has 32 heavy (non-hydrogen) atoms. The van der Waals surface area contributed by atoms with Crippen LogP contribution in [0.1, 0.15) is 46.5 Å². The average molecular weight is 449 g/mol. The molecule has 0 bridgehead atoms. The van der Waals surface area contributed by atoms with E-state index < -0.39 is 29.3 Å². The Balaban J connectivity index is 1.77. The lowest BCUT2D eigenvalue weighted by Crippen LogP contribution is -2.52. The highest BCUT2D eigenvalue weighted by Gasteiger charge is 2.43. The lowest BCUT2D eigenvalue weighted by molar-refractivity contribution is -0.137. The number of aromatic nitrogens is 4. The molecule has 4 rings (SSSR count). The van der Waals surface area contributed by atoms with Gasteiger partial charge in [0.1, 0.15) is 23.2 Å². The number of aliphatic hydroxyl groups is 1. The van der Waals surface area contributed by atoms with Gasteiger partial charge < -0.3 is 19.7 Å². The first-order valence-electron chi connectivity index (χ1n) is 10.0. The number of imidazole rings is 1. The van der Waals surface area contributed by atoms with Crippen molar-refractivity contribution in [2.24, 2.45) is 7.05 Å². The van der Waals surface area contributed by atoms with Crippen LogP contribution in [0.25, 0.3) is 11.0 Å². The SMILES string of the molecule is Cc1cnc(C(=O)N[C@H](c2nc3cc(C(F)(F)F)ccc3n2C)[C@]2(O)CCCOC2)cn1. The Morgan fingerprint density at radius 1 is 1.31 bits per heavy atom. The van der Waals surface area contributed by atoms with E-state index in [2.05, 4.69) is 20.3 Å². The average Bonchev–Trinajstić information content (AvgIpc) is 3.07. The highest BCUT2D eigenvalue weighted by Crippen LogP contribution is 2.36. The van der Waals surface area contributed by atoms with E-state index in [1.54, 1.807) is 18.5 Å². The van der Waals surface area contributed by atoms with Crippen molar-refractivity contribution in [3.63, 3.8) is 0 Å². The van der Waals surface area contributed by atoms with Crippen molar-refractivity contribution >= 4 is 16.9 Å². The summed E-state index contributed by atoms with van der Waals surface area (Å²) >= 11 is 0. The molecule has 1 aliphatic rings. The zero-order valence-electron chi connectivity index (χ0n) is 17.5. The Morgan fingerprint density at radius 2 is 2.09 bits per heavy atom. The summed E-state index contributed by atoms with van der Waals surface area (Å²) in [5.41, 5.74) is -1.12. The third kappa shape index (κ3) is 4.17. The molecule has 1 amide bonds. The number of hydrogen-bond acceptors (Lipinski definition) is 6. The number of fused-ring (bicyclic) bond motifs is 1. The van der Waals surface area contributed by atoms with Gasteiger partial charge in [-0.25, -0.2) is 9.97 Å². The van der Waals surface area contributed by atoms with E-state index in [1.165, 1.54) is 18.5 Å². The zero-order valence-corrected chi connectivity index (χ0v) is 17.5. The standard InChI is InChI=1S/C21H22F3N5O3/c1-12-9-26-15(10-25-12)19(30)28-17(20(31)6-3-7-32-11-20)18-27-14-8-13(21(22,23)24)4-5-16(14)29(18)2/h4-5,8-10,17,31H,3,6-7,11H2,1-2H3,(H,28,30)/t17-,20+/m1/s1. The van der Waals surface area contributed by atoms with Gasteiger partial charge in [-0.05, 0) is 38.0 Å². The molecule has 2 N–H and O–H groups in total. The van der Waals surface area contributed by atoms with Crippen LogP contribution in [0.4, 0.5) is 13.2 Å². The van der Waals surface area contributed by atoms with E-state index in [4.69, 9.17) is 4.74 Å². The summed E-state index contributed by atoms with van der Waals surface area (Å²) in [4.78, 5) is 25.4. The van der Waals surface area contributed by atoms with Gasteiger partial charge in [-0.3, -0.25) is 9.78 Å². The van der Waals surface area contributed by atoms with Crippen LogP contribution in [-0.2, 0) is 18.0 Å². The van der Waals surface area contributed by atoms with Crippen LogP contribution in [0.3, 0.4) is 0 Å². The number of rotatable bonds is 4. The van der Waals surface area contributed by atoms with Gasteiger partial charge in [0.05, 0.1) is 35.1 Å². The van der Waals surface area contributed by atoms with Gasteiger partial charge in [-0.2, -0.15) is 13.2 Å². The Kier molecular flexibility index (Phi) is 5.63. The maximum absolute atomic E-state index is 13.2. The van der Waals surface area contributed by atoms with E-state index in [-0.39, 0.29) is 23.6 Å². The van der Waals surface area contributed by atoms with Gasteiger partial charge in [0, 0.05) is 19.9 Å². The Hall–Kier alpha value is -3.05. The molecule has 0 aliphatic carbocycles. The van der Waals surface area contributed by atoms with Gasteiger partial charge in [0.15, 0.2) is 0 Å². The number of nitrogens with one attached hydrogen (secondary N) is 1. The van der Waals surface area contributed by atoms with E-state index >= 15 is 0 Å². The van der Waals surface area contributed by atoms with Gasteiger partial charge in [0.2, 0.25) is 0 Å². The number of ether oxygens (including phenoxy) is 1. The number of carbonyl (C=O) groups excluding carboxylic acids is 1. The minimum absolute atomic E-state index is 0.0408. The lowest BCUT2D eigenvalue weighted by atomic mass is 9.87. The van der Waals surface area contributed by atoms with Gasteiger partial charge in [0.25, 0.3) is 5.91 Å². The van der Waals surface area contributed by atoms with Gasteiger partial charge in [-0.1, -0.05) is 0 Å². The second-order valence-electron chi connectivity index (χ2n) is 7.94. The predicted octanol–water partition coefficient (Wildman–Crippen LogP) is 2.70. The van der Waals surface area contributed by atoms with E-state index in [9.17, 15) is 23.1 Å². The summed E-state index contributed by atoms with van der Waals surface area (Å²) < 4.78 is 46.5. The molecule has 3 heterocycles. The predicted molar refractivity (Wildman–Crippen MR) is 108 cm³/mol. The first-order chi connectivity index (χ1) is 15.1. The highest BCUT2D eigenvalue weighted by atomic mass is 19.4. The van der Waals surface area contributed by atoms with Crippen LogP contribution in [0.15, 0.2) is 30.6 Å². The first kappa shape index (κ1) is 22.2. The third-order valence-corrected chi connectivity index (χ3v) is 5.58. The maximum atomic E-state index is 13.2. The summed E-state index contributed by atoms with van der Waals surface area (Å²) in [6, 6.07) is 2.19. The number of amides is 1. The molecule has 8 nitrogen and oxygen atoms in total. The van der Waals surface area contributed by atoms with Gasteiger partial charge >= 0.3 is 6.18 Å². The summed E-state index contributed by atoms with van der Waals surface area (Å²) in [5.74, 6) is -0.384. The van der Waals surface area contributed by atoms with Crippen molar-refractivity contribution in [3.8, 4) is 0 Å². The molecule has 11 heteroatoms. The van der Waals surface area contributed by atoms with Crippen molar-refractivity contribution in [1.29, 1.82) is 0 Å². The summed E-state index contributed by atoms with van der Waals surface area (Å²) in [6.07, 6.45) is -0.896. The molecule has 0 radical (unpaired) electrons. The van der Waals surface area contributed by atoms with Crippen molar-refractivity contribution in [3.05, 3.63) is 53.4 Å². The smallest absolute Gasteiger partial charge is 0.385 e. The van der Waals surface area contributed by atoms with Crippen LogP contribution in [0.2, 0.25) is 0 Å². The molecular weight excluding hydrogens is 427 g/mol. The monoisotopic (exact) mass is 449 g/mol.